The fourth-order valence-electron chi connectivity index (χ4n) is 4.58. The fourth-order valence-corrected chi connectivity index (χ4v) is 4.58. The van der Waals surface area contributed by atoms with Crippen LogP contribution < -0.4 is 16.1 Å². The molecule has 0 aliphatic carbocycles. The van der Waals surface area contributed by atoms with Gasteiger partial charge in [-0.15, -0.1) is 0 Å². The Labute approximate surface area is 196 Å². The summed E-state index contributed by atoms with van der Waals surface area (Å²) in [5, 5.41) is 0.784. The minimum atomic E-state index is -4.44. The summed E-state index contributed by atoms with van der Waals surface area (Å²) >= 11 is 0. The average molecular weight is 483 g/mol. The molecule has 1 amide bonds. The summed E-state index contributed by atoms with van der Waals surface area (Å²) in [5.41, 5.74) is 6.39. The lowest BCUT2D eigenvalue weighted by Crippen LogP contribution is -2.34. The highest BCUT2D eigenvalue weighted by Gasteiger charge is 2.50. The minimum absolute atomic E-state index is 0.0213. The van der Waals surface area contributed by atoms with Crippen LogP contribution in [0.15, 0.2) is 53.5 Å². The monoisotopic (exact) mass is 483 g/mol. The highest BCUT2D eigenvalue weighted by molar-refractivity contribution is 6.04. The third kappa shape index (κ3) is 3.97. The van der Waals surface area contributed by atoms with Crippen molar-refractivity contribution >= 4 is 33.5 Å². The van der Waals surface area contributed by atoms with Crippen LogP contribution in [0.5, 0.6) is 0 Å². The molecule has 0 unspecified atom stereocenters. The number of pyridine rings is 3. The lowest BCUT2D eigenvalue weighted by Gasteiger charge is -2.22. The van der Waals surface area contributed by atoms with Gasteiger partial charge in [0.25, 0.3) is 5.91 Å². The molecule has 0 radical (unpaired) electrons. The van der Waals surface area contributed by atoms with Gasteiger partial charge in [-0.25, -0.2) is 4.98 Å². The van der Waals surface area contributed by atoms with Crippen LogP contribution in [0.4, 0.5) is 19.0 Å². The molecule has 0 spiro atoms. The lowest BCUT2D eigenvalue weighted by molar-refractivity contribution is -0.191. The Morgan fingerprint density at radius 2 is 1.97 bits per heavy atom. The maximum atomic E-state index is 13.7. The van der Waals surface area contributed by atoms with Crippen molar-refractivity contribution in [3.05, 3.63) is 64.6 Å². The Kier molecular flexibility index (Phi) is 5.43. The first kappa shape index (κ1) is 22.8. The molecule has 3 aromatic heterocycles. The van der Waals surface area contributed by atoms with Gasteiger partial charge in [0, 0.05) is 43.4 Å². The number of amides is 1. The predicted molar refractivity (Wildman–Crippen MR) is 124 cm³/mol. The Morgan fingerprint density at radius 1 is 1.20 bits per heavy atom. The summed E-state index contributed by atoms with van der Waals surface area (Å²) in [7, 11) is 1.26. The van der Waals surface area contributed by atoms with Gasteiger partial charge in [-0.05, 0) is 18.2 Å². The van der Waals surface area contributed by atoms with E-state index in [9.17, 15) is 22.8 Å². The molecule has 4 aromatic rings. The zero-order valence-electron chi connectivity index (χ0n) is 18.5. The number of hydrogen-bond donors (Lipinski definition) is 2. The van der Waals surface area contributed by atoms with Crippen molar-refractivity contribution < 1.29 is 22.7 Å². The molecule has 35 heavy (non-hydrogen) atoms. The van der Waals surface area contributed by atoms with E-state index in [1.54, 1.807) is 18.2 Å². The van der Waals surface area contributed by atoms with E-state index < -0.39 is 29.5 Å². The maximum absolute atomic E-state index is 13.7. The third-order valence-corrected chi connectivity index (χ3v) is 6.26. The van der Waals surface area contributed by atoms with Crippen LogP contribution >= 0.6 is 0 Å². The molecule has 2 atom stereocenters. The number of benzene rings is 1. The lowest BCUT2D eigenvalue weighted by atomic mass is 10.1. The van der Waals surface area contributed by atoms with Crippen molar-refractivity contribution in [3.63, 3.8) is 0 Å². The second-order valence-corrected chi connectivity index (χ2v) is 8.37. The van der Waals surface area contributed by atoms with Crippen molar-refractivity contribution in [1.29, 1.82) is 0 Å². The van der Waals surface area contributed by atoms with E-state index in [0.717, 1.165) is 5.39 Å². The summed E-state index contributed by atoms with van der Waals surface area (Å²) in [6, 6.07) is 11.8. The van der Waals surface area contributed by atoms with Gasteiger partial charge in [-0.2, -0.15) is 13.2 Å². The smallest absolute Gasteiger partial charge is 0.379 e. The first-order valence-corrected chi connectivity index (χ1v) is 10.7. The standard InChI is InChI=1S/C24H20F3N5O3/c1-35-19-11-32(10-14(19)24(25,26)27)23-13(8-12-4-2-3-5-15(12)31-23)17-9-18(33)20-16(30-17)6-7-29-21(20)22(28)34/h2-9,14,19H,10-11H2,1H3,(H2,28,34)(H,30,33)/t14-,19+/m0/s1. The van der Waals surface area contributed by atoms with Crippen LogP contribution in [0.1, 0.15) is 10.5 Å². The maximum Gasteiger partial charge on any atom is 0.396 e. The van der Waals surface area contributed by atoms with Gasteiger partial charge in [0.1, 0.15) is 17.4 Å². The van der Waals surface area contributed by atoms with Crippen molar-refractivity contribution in [2.24, 2.45) is 11.7 Å². The first-order valence-electron chi connectivity index (χ1n) is 10.7. The Balaban J connectivity index is 1.71. The molecule has 1 aliphatic rings. The number of nitrogens with zero attached hydrogens (tertiary/aromatic N) is 3. The second-order valence-electron chi connectivity index (χ2n) is 8.37. The zero-order chi connectivity index (χ0) is 24.9. The molecule has 8 nitrogen and oxygen atoms in total. The second kappa shape index (κ2) is 8.35. The molecule has 180 valence electrons. The predicted octanol–water partition coefficient (Wildman–Crippen LogP) is 3.25. The fraction of sp³-hybridized carbons (Fsp3) is 0.250. The molecule has 1 saturated heterocycles. The summed E-state index contributed by atoms with van der Waals surface area (Å²) in [5.74, 6) is -2.24. The SMILES string of the molecule is CO[C@@H]1CN(c2nc3ccccc3cc2-c2cc(=O)c3c(C(N)=O)nccc3[nH]2)C[C@@H]1C(F)(F)F. The number of halogens is 3. The number of aromatic amines is 1. The van der Waals surface area contributed by atoms with Gasteiger partial charge in [0.15, 0.2) is 5.43 Å². The van der Waals surface area contributed by atoms with E-state index in [2.05, 4.69) is 15.0 Å². The number of fused-ring (bicyclic) bond motifs is 2. The molecular formula is C24H20F3N5O3. The van der Waals surface area contributed by atoms with Crippen molar-refractivity contribution in [2.45, 2.75) is 12.3 Å². The van der Waals surface area contributed by atoms with Crippen LogP contribution in [0.3, 0.4) is 0 Å². The quantitative estimate of drug-likeness (QED) is 0.461. The van der Waals surface area contributed by atoms with Crippen LogP contribution in [-0.4, -0.2) is 53.3 Å². The summed E-state index contributed by atoms with van der Waals surface area (Å²) in [6.45, 7) is -0.361. The van der Waals surface area contributed by atoms with Gasteiger partial charge in [-0.1, -0.05) is 18.2 Å². The number of carbonyl (C=O) groups is 1. The number of H-pyrrole nitrogens is 1. The molecule has 0 saturated carbocycles. The summed E-state index contributed by atoms with van der Waals surface area (Å²) < 4.78 is 46.2. The number of hydrogen-bond acceptors (Lipinski definition) is 6. The number of nitrogens with two attached hydrogens (primary N) is 1. The van der Waals surface area contributed by atoms with Gasteiger partial charge < -0.3 is 20.4 Å². The number of aromatic nitrogens is 3. The summed E-state index contributed by atoms with van der Waals surface area (Å²) in [6.07, 6.45) is -4.16. The normalized spacial score (nSPS) is 18.5. The van der Waals surface area contributed by atoms with Gasteiger partial charge in [-0.3, -0.25) is 14.6 Å². The molecule has 1 fully saturated rings. The number of anilines is 1. The molecule has 5 rings (SSSR count). The van der Waals surface area contributed by atoms with Crippen molar-refractivity contribution in [1.82, 2.24) is 15.0 Å². The van der Waals surface area contributed by atoms with E-state index in [0.29, 0.717) is 22.3 Å². The van der Waals surface area contributed by atoms with Crippen LogP contribution in [0.2, 0.25) is 0 Å². The number of para-hydroxylation sites is 1. The Morgan fingerprint density at radius 3 is 2.66 bits per heavy atom. The molecule has 3 N–H and O–H groups in total. The number of rotatable bonds is 4. The summed E-state index contributed by atoms with van der Waals surface area (Å²) in [4.78, 5) is 38.0. The molecule has 1 aliphatic heterocycles. The molecule has 11 heteroatoms. The Hall–Kier alpha value is -3.99. The van der Waals surface area contributed by atoms with Crippen molar-refractivity contribution in [2.75, 3.05) is 25.1 Å². The highest BCUT2D eigenvalue weighted by atomic mass is 19.4. The first-order chi connectivity index (χ1) is 16.7. The van der Waals surface area contributed by atoms with E-state index in [1.807, 2.05) is 12.1 Å². The average Bonchev–Trinajstić information content (AvgIpc) is 3.28. The van der Waals surface area contributed by atoms with Crippen LogP contribution in [0, 0.1) is 5.92 Å². The van der Waals surface area contributed by atoms with Gasteiger partial charge >= 0.3 is 6.18 Å². The molecule has 4 heterocycles. The largest absolute Gasteiger partial charge is 0.396 e. The number of primary amides is 1. The topological polar surface area (TPSA) is 114 Å². The Bertz CT molecular complexity index is 1520. The minimum Gasteiger partial charge on any atom is -0.379 e. The van der Waals surface area contributed by atoms with E-state index in [-0.39, 0.29) is 30.0 Å². The number of nitrogens with one attached hydrogen (secondary N) is 1. The highest BCUT2D eigenvalue weighted by Crippen LogP contribution is 2.40. The number of alkyl halides is 3. The molecular weight excluding hydrogens is 463 g/mol. The van der Waals surface area contributed by atoms with Gasteiger partial charge in [0.2, 0.25) is 0 Å². The number of ether oxygens (including phenoxy) is 1. The van der Waals surface area contributed by atoms with Gasteiger partial charge in [0.05, 0.1) is 28.2 Å². The van der Waals surface area contributed by atoms with Crippen LogP contribution in [0.25, 0.3) is 33.1 Å². The molecule has 0 bridgehead atoms. The third-order valence-electron chi connectivity index (χ3n) is 6.26. The van der Waals surface area contributed by atoms with Crippen LogP contribution in [-0.2, 0) is 4.74 Å². The van der Waals surface area contributed by atoms with E-state index >= 15 is 0 Å². The molecule has 1 aromatic carbocycles. The van der Waals surface area contributed by atoms with Crippen molar-refractivity contribution in [3.8, 4) is 11.3 Å². The zero-order valence-corrected chi connectivity index (χ0v) is 18.5. The number of methoxy groups -OCH3 is 1. The number of carbonyl (C=O) groups excluding carboxylic acids is 1. The van der Waals surface area contributed by atoms with E-state index in [1.165, 1.54) is 30.3 Å². The van der Waals surface area contributed by atoms with E-state index in [4.69, 9.17) is 10.5 Å².